The van der Waals surface area contributed by atoms with Crippen LogP contribution >= 0.6 is 11.6 Å². The Bertz CT molecular complexity index is 705. The number of rotatable bonds is 3. The summed E-state index contributed by atoms with van der Waals surface area (Å²) in [7, 11) is 1.65. The first-order valence-electron chi connectivity index (χ1n) is 6.23. The summed E-state index contributed by atoms with van der Waals surface area (Å²) in [5.41, 5.74) is 3.80. The first kappa shape index (κ1) is 12.8. The molecule has 0 aliphatic heterocycles. The molecule has 0 radical (unpaired) electrons. The number of nitrogens with one attached hydrogen (secondary N) is 1. The lowest BCUT2D eigenvalue weighted by molar-refractivity contribution is 0.415. The Morgan fingerprint density at radius 3 is 2.30 bits per heavy atom. The lowest BCUT2D eigenvalue weighted by Gasteiger charge is -2.04. The molecule has 4 heteroatoms. The van der Waals surface area contributed by atoms with Crippen LogP contribution in [0.25, 0.3) is 22.5 Å². The standard InChI is InChI=1S/C16H13ClN2O/c1-20-13-9-7-12(8-10-13)15-14(18-16(17)19-15)11-5-3-2-4-6-11/h2-10H,1H3,(H,18,19). The van der Waals surface area contributed by atoms with Crippen molar-refractivity contribution < 1.29 is 4.74 Å². The molecule has 1 N–H and O–H groups in total. The van der Waals surface area contributed by atoms with Crippen molar-refractivity contribution in [3.8, 4) is 28.3 Å². The van der Waals surface area contributed by atoms with Gasteiger partial charge in [0.2, 0.25) is 5.28 Å². The summed E-state index contributed by atoms with van der Waals surface area (Å²) in [4.78, 5) is 7.49. The van der Waals surface area contributed by atoms with Gasteiger partial charge in [-0.25, -0.2) is 4.98 Å². The van der Waals surface area contributed by atoms with E-state index < -0.39 is 0 Å². The first-order chi connectivity index (χ1) is 9.78. The number of benzene rings is 2. The number of halogens is 1. The Kier molecular flexibility index (Phi) is 3.44. The molecular weight excluding hydrogens is 272 g/mol. The van der Waals surface area contributed by atoms with Gasteiger partial charge in [0.15, 0.2) is 0 Å². The summed E-state index contributed by atoms with van der Waals surface area (Å²) in [5, 5.41) is 0.384. The molecule has 0 atom stereocenters. The molecule has 3 aromatic rings. The number of hydrogen-bond donors (Lipinski definition) is 1. The lowest BCUT2D eigenvalue weighted by atomic mass is 10.1. The normalized spacial score (nSPS) is 10.5. The average molecular weight is 285 g/mol. The van der Waals surface area contributed by atoms with Gasteiger partial charge in [-0.15, -0.1) is 0 Å². The van der Waals surface area contributed by atoms with Gasteiger partial charge in [-0.1, -0.05) is 30.3 Å². The number of nitrogens with zero attached hydrogens (tertiary/aromatic N) is 1. The number of aromatic amines is 1. The summed E-state index contributed by atoms with van der Waals surface area (Å²) < 4.78 is 5.17. The van der Waals surface area contributed by atoms with Crippen molar-refractivity contribution in [1.82, 2.24) is 9.97 Å². The third-order valence-corrected chi connectivity index (χ3v) is 3.28. The fourth-order valence-corrected chi connectivity index (χ4v) is 2.29. The van der Waals surface area contributed by atoms with Gasteiger partial charge in [0.1, 0.15) is 5.75 Å². The number of hydrogen-bond acceptors (Lipinski definition) is 2. The van der Waals surface area contributed by atoms with E-state index in [2.05, 4.69) is 9.97 Å². The molecule has 0 aliphatic carbocycles. The number of H-pyrrole nitrogens is 1. The molecule has 0 unspecified atom stereocenters. The fourth-order valence-electron chi connectivity index (χ4n) is 2.12. The van der Waals surface area contributed by atoms with Gasteiger partial charge >= 0.3 is 0 Å². The van der Waals surface area contributed by atoms with Crippen LogP contribution < -0.4 is 4.74 Å². The maximum absolute atomic E-state index is 6.03. The smallest absolute Gasteiger partial charge is 0.201 e. The van der Waals surface area contributed by atoms with Gasteiger partial charge in [0.05, 0.1) is 18.5 Å². The minimum atomic E-state index is 0.384. The van der Waals surface area contributed by atoms with Crippen molar-refractivity contribution in [2.24, 2.45) is 0 Å². The molecule has 100 valence electrons. The van der Waals surface area contributed by atoms with Crippen LogP contribution in [0.15, 0.2) is 54.6 Å². The van der Waals surface area contributed by atoms with Crippen LogP contribution in [0, 0.1) is 0 Å². The van der Waals surface area contributed by atoms with E-state index in [1.807, 2.05) is 54.6 Å². The molecule has 3 rings (SSSR count). The second-order valence-corrected chi connectivity index (χ2v) is 4.70. The highest BCUT2D eigenvalue weighted by Crippen LogP contribution is 2.32. The molecule has 1 heterocycles. The summed E-state index contributed by atoms with van der Waals surface area (Å²) in [6, 6.07) is 17.8. The molecule has 0 spiro atoms. The van der Waals surface area contributed by atoms with Crippen molar-refractivity contribution in [2.75, 3.05) is 7.11 Å². The van der Waals surface area contributed by atoms with E-state index in [9.17, 15) is 0 Å². The van der Waals surface area contributed by atoms with Crippen LogP contribution in [0.3, 0.4) is 0 Å². The van der Waals surface area contributed by atoms with Crippen LogP contribution in [-0.4, -0.2) is 17.1 Å². The summed E-state index contributed by atoms with van der Waals surface area (Å²) in [6.07, 6.45) is 0. The predicted octanol–water partition coefficient (Wildman–Crippen LogP) is 4.41. The quantitative estimate of drug-likeness (QED) is 0.774. The van der Waals surface area contributed by atoms with Crippen molar-refractivity contribution >= 4 is 11.6 Å². The molecule has 0 bridgehead atoms. The van der Waals surface area contributed by atoms with E-state index in [-0.39, 0.29) is 0 Å². The minimum Gasteiger partial charge on any atom is -0.497 e. The Labute approximate surface area is 122 Å². The Hall–Kier alpha value is -2.26. The molecule has 0 amide bonds. The molecule has 1 aromatic heterocycles. The van der Waals surface area contributed by atoms with Crippen LogP contribution in [0.2, 0.25) is 5.28 Å². The molecule has 0 saturated heterocycles. The Balaban J connectivity index is 2.09. The fraction of sp³-hybridized carbons (Fsp3) is 0.0625. The van der Waals surface area contributed by atoms with Gasteiger partial charge in [0, 0.05) is 11.1 Å². The van der Waals surface area contributed by atoms with Crippen molar-refractivity contribution in [1.29, 1.82) is 0 Å². The summed E-state index contributed by atoms with van der Waals surface area (Å²) >= 11 is 6.03. The monoisotopic (exact) mass is 284 g/mol. The SMILES string of the molecule is COc1ccc(-c2nc(Cl)[nH]c2-c2ccccc2)cc1. The minimum absolute atomic E-state index is 0.384. The van der Waals surface area contributed by atoms with Crippen LogP contribution in [0.1, 0.15) is 0 Å². The second-order valence-electron chi connectivity index (χ2n) is 4.35. The number of methoxy groups -OCH3 is 1. The van der Waals surface area contributed by atoms with E-state index in [1.54, 1.807) is 7.11 Å². The maximum Gasteiger partial charge on any atom is 0.201 e. The van der Waals surface area contributed by atoms with Gasteiger partial charge < -0.3 is 9.72 Å². The number of ether oxygens (including phenoxy) is 1. The van der Waals surface area contributed by atoms with Crippen LogP contribution in [0.4, 0.5) is 0 Å². The summed E-state index contributed by atoms with van der Waals surface area (Å²) in [6.45, 7) is 0. The summed E-state index contributed by atoms with van der Waals surface area (Å²) in [5.74, 6) is 0.816. The zero-order chi connectivity index (χ0) is 13.9. The zero-order valence-corrected chi connectivity index (χ0v) is 11.7. The maximum atomic E-state index is 6.03. The van der Waals surface area contributed by atoms with Crippen LogP contribution in [0.5, 0.6) is 5.75 Å². The average Bonchev–Trinajstić information content (AvgIpc) is 2.90. The van der Waals surface area contributed by atoms with E-state index >= 15 is 0 Å². The largest absolute Gasteiger partial charge is 0.497 e. The molecule has 0 fully saturated rings. The molecular formula is C16H13ClN2O. The Morgan fingerprint density at radius 1 is 0.950 bits per heavy atom. The van der Waals surface area contributed by atoms with Crippen molar-refractivity contribution in [3.05, 3.63) is 59.9 Å². The molecule has 0 aliphatic rings. The molecule has 20 heavy (non-hydrogen) atoms. The lowest BCUT2D eigenvalue weighted by Crippen LogP contribution is -1.85. The Morgan fingerprint density at radius 2 is 1.65 bits per heavy atom. The molecule has 3 nitrogen and oxygen atoms in total. The predicted molar refractivity (Wildman–Crippen MR) is 81.0 cm³/mol. The molecule has 0 saturated carbocycles. The zero-order valence-electron chi connectivity index (χ0n) is 10.9. The van der Waals surface area contributed by atoms with E-state index in [4.69, 9.17) is 16.3 Å². The third kappa shape index (κ3) is 2.40. The number of imidazole rings is 1. The molecule has 2 aromatic carbocycles. The van der Waals surface area contributed by atoms with Crippen molar-refractivity contribution in [2.45, 2.75) is 0 Å². The van der Waals surface area contributed by atoms with E-state index in [0.717, 1.165) is 28.3 Å². The van der Waals surface area contributed by atoms with Gasteiger partial charge in [-0.05, 0) is 35.9 Å². The first-order valence-corrected chi connectivity index (χ1v) is 6.61. The van der Waals surface area contributed by atoms with Gasteiger partial charge in [0.25, 0.3) is 0 Å². The van der Waals surface area contributed by atoms with E-state index in [0.29, 0.717) is 5.28 Å². The van der Waals surface area contributed by atoms with Gasteiger partial charge in [-0.3, -0.25) is 0 Å². The highest BCUT2D eigenvalue weighted by atomic mass is 35.5. The van der Waals surface area contributed by atoms with Crippen LogP contribution in [-0.2, 0) is 0 Å². The highest BCUT2D eigenvalue weighted by Gasteiger charge is 2.13. The third-order valence-electron chi connectivity index (χ3n) is 3.10. The topological polar surface area (TPSA) is 37.9 Å². The second kappa shape index (κ2) is 5.39. The van der Waals surface area contributed by atoms with Crippen molar-refractivity contribution in [3.63, 3.8) is 0 Å². The van der Waals surface area contributed by atoms with Gasteiger partial charge in [-0.2, -0.15) is 0 Å². The van der Waals surface area contributed by atoms with E-state index in [1.165, 1.54) is 0 Å². The highest BCUT2D eigenvalue weighted by molar-refractivity contribution is 6.28. The number of aromatic nitrogens is 2.